The van der Waals surface area contributed by atoms with Crippen LogP contribution in [0.4, 0.5) is 0 Å². The minimum absolute atomic E-state index is 0.0311. The molecule has 2 heterocycles. The maximum absolute atomic E-state index is 13.1. The van der Waals surface area contributed by atoms with Gasteiger partial charge in [0.25, 0.3) is 0 Å². The first-order valence-electron chi connectivity index (χ1n) is 30.9. The second-order valence-electron chi connectivity index (χ2n) is 22.0. The molecule has 3 aliphatic rings. The smallest absolute Gasteiger partial charge is 0.318 e. The van der Waals surface area contributed by atoms with Crippen molar-refractivity contribution in [3.63, 3.8) is 0 Å². The summed E-state index contributed by atoms with van der Waals surface area (Å²) in [7, 11) is 0. The fraction of sp³-hybridized carbons (Fsp3) is 0.738. The molecule has 0 radical (unpaired) electrons. The van der Waals surface area contributed by atoms with E-state index in [1.165, 1.54) is 57.8 Å². The van der Waals surface area contributed by atoms with Crippen molar-refractivity contribution >= 4 is 41.8 Å². The molecule has 77 heavy (non-hydrogen) atoms. The second-order valence-corrected chi connectivity index (χ2v) is 22.0. The van der Waals surface area contributed by atoms with Gasteiger partial charge in [-0.15, -0.1) is 0 Å². The molecule has 12 nitrogen and oxygen atoms in total. The van der Waals surface area contributed by atoms with Crippen molar-refractivity contribution in [1.29, 1.82) is 0 Å². The summed E-state index contributed by atoms with van der Waals surface area (Å²) >= 11 is 0. The van der Waals surface area contributed by atoms with Gasteiger partial charge in [0.15, 0.2) is 6.10 Å². The Bertz CT molecular complexity index is 1840. The minimum Gasteiger partial charge on any atom is -0.462 e. The van der Waals surface area contributed by atoms with Crippen LogP contribution in [0.15, 0.2) is 60.8 Å². The van der Waals surface area contributed by atoms with Gasteiger partial charge in [-0.3, -0.25) is 33.6 Å². The van der Waals surface area contributed by atoms with Gasteiger partial charge in [0.05, 0.1) is 24.2 Å². The van der Waals surface area contributed by atoms with E-state index in [0.717, 1.165) is 128 Å². The molecule has 2 aliphatic heterocycles. The zero-order chi connectivity index (χ0) is 55.6. The molecule has 0 aromatic heterocycles. The first kappa shape index (κ1) is 66.7. The summed E-state index contributed by atoms with van der Waals surface area (Å²) in [5, 5.41) is 0. The first-order valence-corrected chi connectivity index (χ1v) is 30.9. The largest absolute Gasteiger partial charge is 0.462 e. The Hall–Kier alpha value is -4.61. The number of fused-ring (bicyclic) bond motifs is 1. The first-order chi connectivity index (χ1) is 37.6. The Kier molecular flexibility index (Phi) is 37.5. The summed E-state index contributed by atoms with van der Waals surface area (Å²) in [6.45, 7) is 6.17. The second kappa shape index (κ2) is 43.3. The Morgan fingerprint density at radius 3 is 1.43 bits per heavy atom. The Morgan fingerprint density at radius 2 is 0.922 bits per heavy atom. The highest BCUT2D eigenvalue weighted by Crippen LogP contribution is 2.44. The lowest BCUT2D eigenvalue weighted by Crippen LogP contribution is -2.33. The summed E-state index contributed by atoms with van der Waals surface area (Å²) in [6.07, 6.45) is 53.0. The molecule has 0 aromatic rings. The molecular formula is C65H102O12. The molecule has 0 amide bonds. The highest BCUT2D eigenvalue weighted by molar-refractivity contribution is 5.97. The fourth-order valence-corrected chi connectivity index (χ4v) is 10.7. The number of unbranched alkanes of at least 4 members (excludes halogenated alkanes) is 21. The van der Waals surface area contributed by atoms with E-state index < -0.39 is 47.8 Å². The van der Waals surface area contributed by atoms with Crippen molar-refractivity contribution in [3.8, 4) is 0 Å². The molecule has 12 heteroatoms. The zero-order valence-corrected chi connectivity index (χ0v) is 48.1. The number of cyclic esters (lactones) is 4. The Labute approximate surface area is 464 Å². The van der Waals surface area contributed by atoms with Crippen LogP contribution in [0.3, 0.4) is 0 Å². The summed E-state index contributed by atoms with van der Waals surface area (Å²) in [5.41, 5.74) is 0. The quantitative estimate of drug-likeness (QED) is 0.0186. The average molecular weight is 1080 g/mol. The molecule has 1 aliphatic carbocycles. The third kappa shape index (κ3) is 30.4. The molecule has 434 valence electrons. The number of carbonyl (C=O) groups excluding carboxylic acids is 7. The normalized spacial score (nSPS) is 20.2. The minimum atomic E-state index is -0.935. The lowest BCUT2D eigenvalue weighted by Gasteiger charge is -2.31. The number of carbonyl (C=O) groups is 7. The summed E-state index contributed by atoms with van der Waals surface area (Å²) < 4.78 is 26.9. The van der Waals surface area contributed by atoms with Crippen LogP contribution in [0.2, 0.25) is 0 Å². The van der Waals surface area contributed by atoms with Crippen molar-refractivity contribution in [2.24, 2.45) is 35.5 Å². The summed E-state index contributed by atoms with van der Waals surface area (Å²) in [4.78, 5) is 88.7. The van der Waals surface area contributed by atoms with Crippen molar-refractivity contribution in [2.75, 3.05) is 13.2 Å². The van der Waals surface area contributed by atoms with Gasteiger partial charge in [0.1, 0.15) is 13.2 Å². The number of allylic oxidation sites excluding steroid dienone is 10. The SMILES string of the molecule is CCCCC/C=C/C/C=C/CCCCCCCC(=O)OCC(COC(=O)CCCCCCC1C=CC(CCCCCCC)C2C(=O)OC(=O)C12)OC(=O)CCCCCCC(/C=C/C/C=C/CCCCC)C1CC(=O)OC1=O. The highest BCUT2D eigenvalue weighted by Gasteiger charge is 2.52. The molecule has 0 aromatic carbocycles. The molecular weight excluding hydrogens is 973 g/mol. The van der Waals surface area contributed by atoms with E-state index in [1.54, 1.807) is 0 Å². The Morgan fingerprint density at radius 1 is 0.494 bits per heavy atom. The van der Waals surface area contributed by atoms with Gasteiger partial charge >= 0.3 is 41.8 Å². The number of hydrogen-bond donors (Lipinski definition) is 0. The van der Waals surface area contributed by atoms with E-state index in [1.807, 2.05) is 6.08 Å². The molecule has 7 unspecified atom stereocenters. The topological polar surface area (TPSA) is 166 Å². The van der Waals surface area contributed by atoms with Gasteiger partial charge in [-0.1, -0.05) is 197 Å². The molecule has 0 spiro atoms. The van der Waals surface area contributed by atoms with Crippen LogP contribution >= 0.6 is 0 Å². The van der Waals surface area contributed by atoms with Crippen LogP contribution < -0.4 is 0 Å². The number of hydrogen-bond acceptors (Lipinski definition) is 12. The summed E-state index contributed by atoms with van der Waals surface area (Å²) in [5.74, 6) is -4.31. The van der Waals surface area contributed by atoms with Crippen molar-refractivity contribution in [3.05, 3.63) is 60.8 Å². The van der Waals surface area contributed by atoms with Crippen LogP contribution in [0.1, 0.15) is 252 Å². The monoisotopic (exact) mass is 1070 g/mol. The number of esters is 7. The van der Waals surface area contributed by atoms with Crippen molar-refractivity contribution < 1.29 is 57.2 Å². The standard InChI is InChI=1S/C65H102O12/c1-4-7-10-13-15-17-18-19-20-21-22-23-25-28-37-44-57(66)73-50-55(75-59(68)46-39-32-29-34-41-52(56-49-60(69)76-63(56)70)40-33-27-24-16-14-11-8-5-2)51-74-58(67)45-38-31-30-36-43-54-48-47-53(42-35-26-12-9-6-3)61-62(54)65(72)77-64(61)71/h15-17,19-20,24,33,40,47-48,52-56,61-62H,4-14,18,21-23,25-32,34-39,41-46,49-51H2,1-3H3/b17-15+,20-19+,24-16+,40-33+. The van der Waals surface area contributed by atoms with Crippen molar-refractivity contribution in [1.82, 2.24) is 0 Å². The highest BCUT2D eigenvalue weighted by atomic mass is 16.6. The zero-order valence-electron chi connectivity index (χ0n) is 48.1. The summed E-state index contributed by atoms with van der Waals surface area (Å²) in [6, 6.07) is 0. The van der Waals surface area contributed by atoms with Crippen LogP contribution in [-0.2, 0) is 57.2 Å². The van der Waals surface area contributed by atoms with Crippen LogP contribution in [0.5, 0.6) is 0 Å². The molecule has 7 atom stereocenters. The van der Waals surface area contributed by atoms with Gasteiger partial charge in [-0.05, 0) is 108 Å². The number of ether oxygens (including phenoxy) is 5. The molecule has 3 rings (SSSR count). The van der Waals surface area contributed by atoms with Gasteiger partial charge in [-0.2, -0.15) is 0 Å². The van der Waals surface area contributed by atoms with Gasteiger partial charge in [0.2, 0.25) is 0 Å². The van der Waals surface area contributed by atoms with E-state index in [0.29, 0.717) is 19.3 Å². The average Bonchev–Trinajstić information content (AvgIpc) is 3.95. The van der Waals surface area contributed by atoms with Gasteiger partial charge in [-0.25, -0.2) is 0 Å². The van der Waals surface area contributed by atoms with Crippen molar-refractivity contribution in [2.45, 2.75) is 258 Å². The maximum atomic E-state index is 13.1. The van der Waals surface area contributed by atoms with E-state index in [2.05, 4.69) is 75.5 Å². The fourth-order valence-electron chi connectivity index (χ4n) is 10.7. The molecule has 0 bridgehead atoms. The maximum Gasteiger partial charge on any atom is 0.318 e. The predicted octanol–water partition coefficient (Wildman–Crippen LogP) is 15.7. The van der Waals surface area contributed by atoms with Crippen LogP contribution in [-0.4, -0.2) is 61.1 Å². The van der Waals surface area contributed by atoms with E-state index in [4.69, 9.17) is 23.7 Å². The number of rotatable bonds is 47. The third-order valence-corrected chi connectivity index (χ3v) is 15.3. The molecule has 2 saturated heterocycles. The lowest BCUT2D eigenvalue weighted by molar-refractivity contribution is -0.167. The van der Waals surface area contributed by atoms with E-state index >= 15 is 0 Å². The van der Waals surface area contributed by atoms with Crippen LogP contribution in [0, 0.1) is 35.5 Å². The Balaban J connectivity index is 1.41. The van der Waals surface area contributed by atoms with Gasteiger partial charge in [0, 0.05) is 19.3 Å². The van der Waals surface area contributed by atoms with Crippen LogP contribution in [0.25, 0.3) is 0 Å². The van der Waals surface area contributed by atoms with E-state index in [-0.39, 0.29) is 74.5 Å². The molecule has 0 saturated carbocycles. The lowest BCUT2D eigenvalue weighted by atomic mass is 9.69. The molecule has 2 fully saturated rings. The predicted molar refractivity (Wildman–Crippen MR) is 304 cm³/mol. The van der Waals surface area contributed by atoms with Gasteiger partial charge < -0.3 is 23.7 Å². The van der Waals surface area contributed by atoms with E-state index in [9.17, 15) is 33.6 Å². The third-order valence-electron chi connectivity index (χ3n) is 15.3. The molecule has 0 N–H and O–H groups in total.